The van der Waals surface area contributed by atoms with Gasteiger partial charge in [0, 0.05) is 17.4 Å². The lowest BCUT2D eigenvalue weighted by Gasteiger charge is -2.10. The van der Waals surface area contributed by atoms with Gasteiger partial charge in [-0.15, -0.1) is 0 Å². The highest BCUT2D eigenvalue weighted by Crippen LogP contribution is 2.35. The summed E-state index contributed by atoms with van der Waals surface area (Å²) in [6.45, 7) is 0.203. The summed E-state index contributed by atoms with van der Waals surface area (Å²) in [5.74, 6) is 1.33. The molecule has 21 heavy (non-hydrogen) atoms. The van der Waals surface area contributed by atoms with Gasteiger partial charge < -0.3 is 20.5 Å². The lowest BCUT2D eigenvalue weighted by atomic mass is 10.2. The molecule has 110 valence electrons. The summed E-state index contributed by atoms with van der Waals surface area (Å²) in [6, 6.07) is 9.83. The molecule has 0 radical (unpaired) electrons. The largest absolute Gasteiger partial charge is 0.454 e. The van der Waals surface area contributed by atoms with E-state index in [0.717, 1.165) is 5.69 Å². The molecular weight excluding hydrogens is 294 g/mol. The van der Waals surface area contributed by atoms with Gasteiger partial charge in [0.25, 0.3) is 0 Å². The molecule has 0 saturated carbocycles. The van der Waals surface area contributed by atoms with Crippen LogP contribution >= 0.6 is 0 Å². The SMILES string of the molecule is Nc1cc(Nc2ccc3c(c2)OCO3)ccc1S(N)(=O)=O. The number of benzene rings is 2. The lowest BCUT2D eigenvalue weighted by molar-refractivity contribution is 0.174. The molecule has 7 nitrogen and oxygen atoms in total. The van der Waals surface area contributed by atoms with Crippen molar-refractivity contribution >= 4 is 27.1 Å². The average Bonchev–Trinajstić information content (AvgIpc) is 2.84. The summed E-state index contributed by atoms with van der Waals surface area (Å²) < 4.78 is 33.1. The van der Waals surface area contributed by atoms with E-state index < -0.39 is 10.0 Å². The zero-order valence-corrected chi connectivity index (χ0v) is 11.7. The van der Waals surface area contributed by atoms with Gasteiger partial charge in [-0.1, -0.05) is 0 Å². The van der Waals surface area contributed by atoms with Crippen LogP contribution in [0.2, 0.25) is 0 Å². The van der Waals surface area contributed by atoms with Crippen LogP contribution in [0.3, 0.4) is 0 Å². The average molecular weight is 307 g/mol. The van der Waals surface area contributed by atoms with Crippen molar-refractivity contribution in [2.75, 3.05) is 17.8 Å². The van der Waals surface area contributed by atoms with Gasteiger partial charge in [0.2, 0.25) is 16.8 Å². The summed E-state index contributed by atoms with van der Waals surface area (Å²) in [6.07, 6.45) is 0. The number of ether oxygens (including phenoxy) is 2. The molecule has 0 amide bonds. The predicted molar refractivity (Wildman–Crippen MR) is 78.1 cm³/mol. The van der Waals surface area contributed by atoms with Crippen LogP contribution in [0.4, 0.5) is 17.1 Å². The highest BCUT2D eigenvalue weighted by Gasteiger charge is 2.14. The first-order valence-corrected chi connectivity index (χ1v) is 7.57. The quantitative estimate of drug-likeness (QED) is 0.738. The minimum atomic E-state index is -3.82. The molecular formula is C13H13N3O4S. The van der Waals surface area contributed by atoms with Crippen molar-refractivity contribution < 1.29 is 17.9 Å². The summed E-state index contributed by atoms with van der Waals surface area (Å²) in [7, 11) is -3.82. The van der Waals surface area contributed by atoms with Crippen molar-refractivity contribution in [2.24, 2.45) is 5.14 Å². The first kappa shape index (κ1) is 13.5. The van der Waals surface area contributed by atoms with Crippen LogP contribution in [0.5, 0.6) is 11.5 Å². The number of hydrogen-bond donors (Lipinski definition) is 3. The second-order valence-electron chi connectivity index (χ2n) is 4.49. The predicted octanol–water partition coefficient (Wildman–Crippen LogP) is 1.39. The fourth-order valence-electron chi connectivity index (χ4n) is 2.03. The molecule has 0 spiro atoms. The number of nitrogen functional groups attached to an aromatic ring is 1. The van der Waals surface area contributed by atoms with Crippen molar-refractivity contribution in [2.45, 2.75) is 4.90 Å². The van der Waals surface area contributed by atoms with Gasteiger partial charge in [-0.25, -0.2) is 13.6 Å². The monoisotopic (exact) mass is 307 g/mol. The Morgan fingerprint density at radius 1 is 1.00 bits per heavy atom. The second-order valence-corrected chi connectivity index (χ2v) is 6.02. The van der Waals surface area contributed by atoms with E-state index in [4.69, 9.17) is 20.3 Å². The topological polar surface area (TPSA) is 117 Å². The van der Waals surface area contributed by atoms with E-state index in [9.17, 15) is 8.42 Å². The number of anilines is 3. The Kier molecular flexibility index (Phi) is 3.11. The van der Waals surface area contributed by atoms with Crippen molar-refractivity contribution in [3.63, 3.8) is 0 Å². The van der Waals surface area contributed by atoms with Crippen LogP contribution in [0.25, 0.3) is 0 Å². The summed E-state index contributed by atoms with van der Waals surface area (Å²) in [5.41, 5.74) is 7.20. The Balaban J connectivity index is 1.87. The maximum atomic E-state index is 11.3. The van der Waals surface area contributed by atoms with Gasteiger partial charge in [-0.05, 0) is 30.3 Å². The second kappa shape index (κ2) is 4.83. The first-order chi connectivity index (χ1) is 9.93. The van der Waals surface area contributed by atoms with Crippen LogP contribution in [0.1, 0.15) is 0 Å². The van der Waals surface area contributed by atoms with Crippen molar-refractivity contribution in [3.8, 4) is 11.5 Å². The summed E-state index contributed by atoms with van der Waals surface area (Å²) in [4.78, 5) is -0.0984. The minimum absolute atomic E-state index is 0.0863. The van der Waals surface area contributed by atoms with E-state index in [1.54, 1.807) is 18.2 Å². The minimum Gasteiger partial charge on any atom is -0.454 e. The Hall–Kier alpha value is -2.45. The van der Waals surface area contributed by atoms with E-state index in [1.807, 2.05) is 6.07 Å². The molecule has 0 aliphatic carbocycles. The fourth-order valence-corrected chi connectivity index (χ4v) is 2.67. The van der Waals surface area contributed by atoms with Gasteiger partial charge in [0.1, 0.15) is 4.90 Å². The number of nitrogens with two attached hydrogens (primary N) is 2. The normalized spacial score (nSPS) is 13.2. The van der Waals surface area contributed by atoms with E-state index in [1.165, 1.54) is 12.1 Å². The highest BCUT2D eigenvalue weighted by atomic mass is 32.2. The molecule has 3 rings (SSSR count). The molecule has 8 heteroatoms. The van der Waals surface area contributed by atoms with E-state index in [0.29, 0.717) is 17.2 Å². The van der Waals surface area contributed by atoms with E-state index in [2.05, 4.69) is 5.32 Å². The first-order valence-electron chi connectivity index (χ1n) is 6.02. The Morgan fingerprint density at radius 3 is 2.38 bits per heavy atom. The van der Waals surface area contributed by atoms with Crippen molar-refractivity contribution in [1.29, 1.82) is 0 Å². The third-order valence-corrected chi connectivity index (χ3v) is 3.96. The number of hydrogen-bond acceptors (Lipinski definition) is 6. The molecule has 0 unspecified atom stereocenters. The van der Waals surface area contributed by atoms with Crippen molar-refractivity contribution in [1.82, 2.24) is 0 Å². The van der Waals surface area contributed by atoms with E-state index in [-0.39, 0.29) is 17.4 Å². The van der Waals surface area contributed by atoms with Gasteiger partial charge in [-0.2, -0.15) is 0 Å². The van der Waals surface area contributed by atoms with Crippen LogP contribution in [-0.2, 0) is 10.0 Å². The molecule has 1 aliphatic rings. The molecule has 0 aromatic heterocycles. The molecule has 1 heterocycles. The van der Waals surface area contributed by atoms with Crippen LogP contribution < -0.4 is 25.7 Å². The lowest BCUT2D eigenvalue weighted by Crippen LogP contribution is -2.14. The van der Waals surface area contributed by atoms with E-state index >= 15 is 0 Å². The maximum Gasteiger partial charge on any atom is 0.240 e. The van der Waals surface area contributed by atoms with Gasteiger partial charge in [0.05, 0.1) is 5.69 Å². The molecule has 2 aromatic rings. The van der Waals surface area contributed by atoms with Crippen LogP contribution in [0.15, 0.2) is 41.3 Å². The smallest absolute Gasteiger partial charge is 0.240 e. The molecule has 5 N–H and O–H groups in total. The summed E-state index contributed by atoms with van der Waals surface area (Å²) >= 11 is 0. The standard InChI is InChI=1S/C13H13N3O4S/c14-10-5-8(2-4-13(10)21(15,17)18)16-9-1-3-11-12(6-9)20-7-19-11/h1-6,16H,7,14H2,(H2,15,17,18). The Bertz CT molecular complexity index is 805. The zero-order valence-electron chi connectivity index (χ0n) is 10.9. The third-order valence-electron chi connectivity index (χ3n) is 2.98. The molecule has 0 saturated heterocycles. The number of primary sulfonamides is 1. The Morgan fingerprint density at radius 2 is 1.67 bits per heavy atom. The maximum absolute atomic E-state index is 11.3. The molecule has 0 atom stereocenters. The molecule has 1 aliphatic heterocycles. The Labute approximate surface area is 121 Å². The van der Waals surface area contributed by atoms with Gasteiger partial charge in [0.15, 0.2) is 11.5 Å². The highest BCUT2D eigenvalue weighted by molar-refractivity contribution is 7.89. The third kappa shape index (κ3) is 2.71. The van der Waals surface area contributed by atoms with Gasteiger partial charge in [-0.3, -0.25) is 0 Å². The number of sulfonamides is 1. The number of fused-ring (bicyclic) bond motifs is 1. The number of nitrogens with one attached hydrogen (secondary N) is 1. The van der Waals surface area contributed by atoms with Crippen LogP contribution in [0, 0.1) is 0 Å². The number of rotatable bonds is 3. The molecule has 0 fully saturated rings. The summed E-state index contributed by atoms with van der Waals surface area (Å²) in [5, 5.41) is 8.17. The van der Waals surface area contributed by atoms with Gasteiger partial charge >= 0.3 is 0 Å². The molecule has 0 bridgehead atoms. The van der Waals surface area contributed by atoms with Crippen molar-refractivity contribution in [3.05, 3.63) is 36.4 Å². The van der Waals surface area contributed by atoms with Crippen LogP contribution in [-0.4, -0.2) is 15.2 Å². The fraction of sp³-hybridized carbons (Fsp3) is 0.0769. The molecule has 2 aromatic carbocycles. The zero-order chi connectivity index (χ0) is 15.0.